The summed E-state index contributed by atoms with van der Waals surface area (Å²) in [4.78, 5) is 17.8. The first-order chi connectivity index (χ1) is 14.1. The van der Waals surface area contributed by atoms with Crippen LogP contribution in [0.3, 0.4) is 0 Å². The van der Waals surface area contributed by atoms with Crippen molar-refractivity contribution in [3.8, 4) is 28.1 Å². The Kier molecular flexibility index (Phi) is 6.82. The van der Waals surface area contributed by atoms with Crippen LogP contribution in [-0.2, 0) is 6.54 Å². The molecule has 3 rings (SSSR count). The summed E-state index contributed by atoms with van der Waals surface area (Å²) in [5.74, 6) is 1.24. The van der Waals surface area contributed by atoms with Crippen LogP contribution in [0.2, 0.25) is 0 Å². The molecule has 1 N–H and O–H groups in total. The van der Waals surface area contributed by atoms with Crippen LogP contribution in [0.1, 0.15) is 27.9 Å². The highest BCUT2D eigenvalue weighted by Gasteiger charge is 2.16. The van der Waals surface area contributed by atoms with Crippen molar-refractivity contribution in [2.75, 3.05) is 13.2 Å². The van der Waals surface area contributed by atoms with Crippen LogP contribution in [0.25, 0.3) is 10.6 Å². The van der Waals surface area contributed by atoms with Crippen LogP contribution >= 0.6 is 11.3 Å². The topological polar surface area (TPSA) is 84.2 Å². The monoisotopic (exact) mass is 407 g/mol. The van der Waals surface area contributed by atoms with Crippen molar-refractivity contribution in [1.29, 1.82) is 5.26 Å². The van der Waals surface area contributed by atoms with Gasteiger partial charge in [0, 0.05) is 12.1 Å². The Bertz CT molecular complexity index is 1020. The molecule has 0 fully saturated rings. The van der Waals surface area contributed by atoms with E-state index in [1.165, 1.54) is 11.3 Å². The largest absolute Gasteiger partial charge is 0.494 e. The third-order valence-electron chi connectivity index (χ3n) is 4.07. The third-order valence-corrected chi connectivity index (χ3v) is 5.28. The van der Waals surface area contributed by atoms with Crippen molar-refractivity contribution in [2.45, 2.75) is 20.4 Å². The van der Waals surface area contributed by atoms with Gasteiger partial charge < -0.3 is 14.8 Å². The van der Waals surface area contributed by atoms with E-state index in [4.69, 9.17) is 14.7 Å². The maximum atomic E-state index is 12.6. The molecule has 0 unspecified atom stereocenters. The Hall–Kier alpha value is -3.37. The van der Waals surface area contributed by atoms with Crippen LogP contribution in [0.15, 0.2) is 48.5 Å². The quantitative estimate of drug-likeness (QED) is 0.600. The molecule has 1 amide bonds. The Morgan fingerprint density at radius 1 is 1.17 bits per heavy atom. The summed E-state index contributed by atoms with van der Waals surface area (Å²) in [6, 6.07) is 16.9. The average Bonchev–Trinajstić information content (AvgIpc) is 3.13. The van der Waals surface area contributed by atoms with Crippen molar-refractivity contribution in [3.63, 3.8) is 0 Å². The number of nitrogens with zero attached hydrogens (tertiary/aromatic N) is 2. The van der Waals surface area contributed by atoms with Gasteiger partial charge in [0.1, 0.15) is 27.5 Å². The van der Waals surface area contributed by atoms with Gasteiger partial charge in [-0.25, -0.2) is 4.98 Å². The predicted octanol–water partition coefficient (Wildman–Crippen LogP) is 4.35. The van der Waals surface area contributed by atoms with Gasteiger partial charge in [-0.05, 0) is 55.8 Å². The second kappa shape index (κ2) is 9.71. The van der Waals surface area contributed by atoms with Crippen LogP contribution in [-0.4, -0.2) is 24.1 Å². The highest BCUT2D eigenvalue weighted by Crippen LogP contribution is 2.29. The number of nitriles is 1. The minimum absolute atomic E-state index is 0.00972. The number of aromatic nitrogens is 1. The Morgan fingerprint density at radius 3 is 2.69 bits per heavy atom. The summed E-state index contributed by atoms with van der Waals surface area (Å²) in [6.07, 6.45) is 0. The van der Waals surface area contributed by atoms with Gasteiger partial charge in [-0.2, -0.15) is 5.26 Å². The molecule has 0 aliphatic rings. The fourth-order valence-electron chi connectivity index (χ4n) is 2.71. The van der Waals surface area contributed by atoms with E-state index < -0.39 is 0 Å². The second-order valence-corrected chi connectivity index (χ2v) is 7.17. The molecule has 7 heteroatoms. The molecule has 3 aromatic rings. The molecule has 1 aromatic heterocycles. The number of nitrogens with one attached hydrogen (secondary N) is 1. The van der Waals surface area contributed by atoms with E-state index in [0.717, 1.165) is 21.9 Å². The zero-order valence-electron chi connectivity index (χ0n) is 16.3. The number of amides is 1. The maximum absolute atomic E-state index is 12.6. The van der Waals surface area contributed by atoms with Crippen molar-refractivity contribution >= 4 is 17.2 Å². The minimum Gasteiger partial charge on any atom is -0.494 e. The number of benzene rings is 2. The Balaban J connectivity index is 1.66. The van der Waals surface area contributed by atoms with E-state index in [9.17, 15) is 4.79 Å². The summed E-state index contributed by atoms with van der Waals surface area (Å²) in [5, 5.41) is 12.3. The summed E-state index contributed by atoms with van der Waals surface area (Å²) < 4.78 is 10.8. The lowest BCUT2D eigenvalue weighted by atomic mass is 10.2. The lowest BCUT2D eigenvalue weighted by Gasteiger charge is -2.07. The normalized spacial score (nSPS) is 10.2. The van der Waals surface area contributed by atoms with Crippen molar-refractivity contribution in [2.24, 2.45) is 0 Å². The number of carbonyl (C=O) groups is 1. The zero-order valence-corrected chi connectivity index (χ0v) is 17.1. The van der Waals surface area contributed by atoms with Gasteiger partial charge in [-0.1, -0.05) is 12.1 Å². The third kappa shape index (κ3) is 5.33. The number of hydrogen-bond donors (Lipinski definition) is 1. The smallest absolute Gasteiger partial charge is 0.263 e. The number of rotatable bonds is 8. The van der Waals surface area contributed by atoms with Crippen LogP contribution in [0.4, 0.5) is 0 Å². The number of hydrogen-bond acceptors (Lipinski definition) is 6. The van der Waals surface area contributed by atoms with Crippen molar-refractivity contribution in [1.82, 2.24) is 10.3 Å². The molecule has 0 radical (unpaired) electrons. The first kappa shape index (κ1) is 20.4. The van der Waals surface area contributed by atoms with Gasteiger partial charge >= 0.3 is 0 Å². The Labute approximate surface area is 173 Å². The fourth-order valence-corrected chi connectivity index (χ4v) is 3.70. The molecular weight excluding hydrogens is 386 g/mol. The minimum atomic E-state index is -0.166. The molecule has 0 saturated carbocycles. The highest BCUT2D eigenvalue weighted by atomic mass is 32.1. The molecule has 0 saturated heterocycles. The van der Waals surface area contributed by atoms with Crippen molar-refractivity contribution < 1.29 is 14.3 Å². The molecule has 148 valence electrons. The first-order valence-electron chi connectivity index (χ1n) is 9.18. The van der Waals surface area contributed by atoms with E-state index in [2.05, 4.69) is 10.3 Å². The summed E-state index contributed by atoms with van der Waals surface area (Å²) in [6.45, 7) is 4.74. The summed E-state index contributed by atoms with van der Waals surface area (Å²) in [7, 11) is 0. The van der Waals surface area contributed by atoms with Crippen LogP contribution in [0.5, 0.6) is 11.5 Å². The molecule has 0 aliphatic carbocycles. The van der Waals surface area contributed by atoms with Gasteiger partial charge in [-0.15, -0.1) is 11.3 Å². The van der Waals surface area contributed by atoms with Gasteiger partial charge in [0.25, 0.3) is 5.91 Å². The summed E-state index contributed by atoms with van der Waals surface area (Å²) in [5.41, 5.74) is 2.54. The second-order valence-electron chi connectivity index (χ2n) is 6.17. The van der Waals surface area contributed by atoms with E-state index in [0.29, 0.717) is 29.5 Å². The van der Waals surface area contributed by atoms with Gasteiger partial charge in [0.15, 0.2) is 6.61 Å². The number of ether oxygens (including phenoxy) is 2. The lowest BCUT2D eigenvalue weighted by Crippen LogP contribution is -2.22. The van der Waals surface area contributed by atoms with Crippen molar-refractivity contribution in [3.05, 3.63) is 64.7 Å². The first-order valence-corrected chi connectivity index (χ1v) is 10.00. The van der Waals surface area contributed by atoms with E-state index >= 15 is 0 Å². The van der Waals surface area contributed by atoms with Gasteiger partial charge in [-0.3, -0.25) is 4.79 Å². The molecule has 1 heterocycles. The standard InChI is InChI=1S/C22H21N3O3S/c1-3-27-18-9-7-17(8-10-18)22-25-15(2)20(29-22)21(26)24-14-16-5-4-6-19(13-16)28-12-11-23/h4-10,13H,3,12,14H2,1-2H3,(H,24,26). The molecular formula is C22H21N3O3S. The average molecular weight is 407 g/mol. The molecule has 2 aromatic carbocycles. The van der Waals surface area contributed by atoms with E-state index in [1.54, 1.807) is 6.07 Å². The van der Waals surface area contributed by atoms with Crippen LogP contribution < -0.4 is 14.8 Å². The fraction of sp³-hybridized carbons (Fsp3) is 0.227. The molecule has 0 aliphatic heterocycles. The molecule has 6 nitrogen and oxygen atoms in total. The zero-order chi connectivity index (χ0) is 20.6. The molecule has 29 heavy (non-hydrogen) atoms. The SMILES string of the molecule is CCOc1ccc(-c2nc(C)c(C(=O)NCc3cccc(OCC#N)c3)s2)cc1. The molecule has 0 spiro atoms. The van der Waals surface area contributed by atoms with Gasteiger partial charge in [0.2, 0.25) is 0 Å². The molecule has 0 atom stereocenters. The van der Waals surface area contributed by atoms with Crippen LogP contribution in [0, 0.1) is 18.3 Å². The lowest BCUT2D eigenvalue weighted by molar-refractivity contribution is 0.0954. The maximum Gasteiger partial charge on any atom is 0.263 e. The number of aryl methyl sites for hydroxylation is 1. The van der Waals surface area contributed by atoms with E-state index in [1.807, 2.05) is 62.4 Å². The summed E-state index contributed by atoms with van der Waals surface area (Å²) >= 11 is 1.36. The molecule has 0 bridgehead atoms. The number of carbonyl (C=O) groups excluding carboxylic acids is 1. The van der Waals surface area contributed by atoms with Gasteiger partial charge in [0.05, 0.1) is 12.3 Å². The van der Waals surface area contributed by atoms with E-state index in [-0.39, 0.29) is 12.5 Å². The number of thiazole rings is 1. The Morgan fingerprint density at radius 2 is 1.97 bits per heavy atom. The predicted molar refractivity (Wildman–Crippen MR) is 112 cm³/mol. The highest BCUT2D eigenvalue weighted by molar-refractivity contribution is 7.17.